The molecule has 1 aromatic heterocycles. The number of quaternary nitrogens is 1. The normalized spacial score (nSPS) is 26.6. The Hall–Kier alpha value is -1.62. The minimum atomic E-state index is -0.0322. The summed E-state index contributed by atoms with van der Waals surface area (Å²) < 4.78 is 0. The van der Waals surface area contributed by atoms with Crippen LogP contribution >= 0.6 is 23.2 Å². The van der Waals surface area contributed by atoms with Gasteiger partial charge in [-0.3, -0.25) is 14.7 Å². The monoisotopic (exact) mass is 348 g/mol. The van der Waals surface area contributed by atoms with Crippen LogP contribution in [0.4, 0.5) is 5.69 Å². The van der Waals surface area contributed by atoms with Crippen LogP contribution in [-0.4, -0.2) is 23.5 Å². The van der Waals surface area contributed by atoms with E-state index in [1.54, 1.807) is 24.5 Å². The van der Waals surface area contributed by atoms with E-state index in [2.05, 4.69) is 4.98 Å². The molecule has 0 radical (unpaired) electrons. The first-order chi connectivity index (χ1) is 11.2. The molecule has 0 saturated carbocycles. The molecule has 2 aliphatic rings. The van der Waals surface area contributed by atoms with Gasteiger partial charge in [0.15, 0.2) is 12.2 Å². The van der Waals surface area contributed by atoms with E-state index < -0.39 is 0 Å². The number of hydrogen-bond donors (Lipinski definition) is 1. The van der Waals surface area contributed by atoms with Crippen molar-refractivity contribution < 1.29 is 9.69 Å². The smallest absolute Gasteiger partial charge is 0.290 e. The Balaban J connectivity index is 1.82. The first-order valence-electron chi connectivity index (χ1n) is 7.70. The molecular weight excluding hydrogens is 333 g/mol. The summed E-state index contributed by atoms with van der Waals surface area (Å²) in [6, 6.07) is 9.38. The predicted molar refractivity (Wildman–Crippen MR) is 89.8 cm³/mol. The maximum atomic E-state index is 13.0. The largest absolute Gasteiger partial charge is 0.301 e. The lowest BCUT2D eigenvalue weighted by Crippen LogP contribution is -3.12. The van der Waals surface area contributed by atoms with E-state index in [1.165, 1.54) is 4.90 Å². The Bertz CT molecular complexity index is 753. The highest BCUT2D eigenvalue weighted by Crippen LogP contribution is 2.34. The molecule has 2 fully saturated rings. The van der Waals surface area contributed by atoms with E-state index in [0.717, 1.165) is 30.6 Å². The van der Waals surface area contributed by atoms with Crippen molar-refractivity contribution in [2.75, 3.05) is 11.4 Å². The Labute approximate surface area is 144 Å². The van der Waals surface area contributed by atoms with Crippen molar-refractivity contribution in [1.82, 2.24) is 4.98 Å². The molecule has 1 aromatic carbocycles. The number of halogens is 2. The quantitative estimate of drug-likeness (QED) is 0.905. The summed E-state index contributed by atoms with van der Waals surface area (Å²) in [7, 11) is 0. The van der Waals surface area contributed by atoms with Gasteiger partial charge in [0.2, 0.25) is 0 Å². The Morgan fingerprint density at radius 1 is 1.13 bits per heavy atom. The molecule has 2 saturated heterocycles. The predicted octanol–water partition coefficient (Wildman–Crippen LogP) is 2.48. The van der Waals surface area contributed by atoms with Crippen molar-refractivity contribution in [1.29, 1.82) is 0 Å². The van der Waals surface area contributed by atoms with Crippen molar-refractivity contribution in [3.8, 4) is 0 Å². The molecule has 0 aliphatic carbocycles. The zero-order valence-electron chi connectivity index (χ0n) is 12.4. The van der Waals surface area contributed by atoms with Gasteiger partial charge in [-0.15, -0.1) is 0 Å². The Kier molecular flexibility index (Phi) is 3.76. The Morgan fingerprint density at radius 3 is 2.65 bits per heavy atom. The lowest BCUT2D eigenvalue weighted by Gasteiger charge is -2.26. The van der Waals surface area contributed by atoms with Gasteiger partial charge in [-0.25, -0.2) is 0 Å². The molecule has 3 heterocycles. The lowest BCUT2D eigenvalue weighted by molar-refractivity contribution is -0.924. The molecule has 3 unspecified atom stereocenters. The van der Waals surface area contributed by atoms with E-state index in [9.17, 15) is 4.79 Å². The first-order valence-corrected chi connectivity index (χ1v) is 8.46. The van der Waals surface area contributed by atoms with Crippen LogP contribution in [0.25, 0.3) is 0 Å². The van der Waals surface area contributed by atoms with Gasteiger partial charge in [-0.2, -0.15) is 0 Å². The second kappa shape index (κ2) is 5.78. The highest BCUT2D eigenvalue weighted by molar-refractivity contribution is 6.42. The molecule has 4 nitrogen and oxygen atoms in total. The van der Waals surface area contributed by atoms with Crippen LogP contribution in [0.15, 0.2) is 42.7 Å². The number of aromatic nitrogens is 1. The van der Waals surface area contributed by atoms with Gasteiger partial charge < -0.3 is 4.90 Å². The molecule has 23 heavy (non-hydrogen) atoms. The third-order valence-electron chi connectivity index (χ3n) is 4.75. The topological polar surface area (TPSA) is 37.6 Å². The Morgan fingerprint density at radius 2 is 1.91 bits per heavy atom. The second-order valence-corrected chi connectivity index (χ2v) is 6.82. The van der Waals surface area contributed by atoms with Gasteiger partial charge in [-0.1, -0.05) is 23.2 Å². The standard InChI is InChI=1S/C17H15Cl2N3O/c18-13-4-3-12(10-14(13)19)22-16(11-5-7-20-8-6-11)21-9-1-2-15(21)17(22)23/h3-8,10,15-16H,1-2,9H2/p+1. The third-order valence-corrected chi connectivity index (χ3v) is 5.49. The highest BCUT2D eigenvalue weighted by atomic mass is 35.5. The molecule has 1 amide bonds. The summed E-state index contributed by atoms with van der Waals surface area (Å²) in [5.74, 6) is 0.165. The summed E-state index contributed by atoms with van der Waals surface area (Å²) in [5, 5.41) is 0.961. The minimum absolute atomic E-state index is 0.0302. The SMILES string of the molecule is O=C1C2CCC[NH+]2C(c2ccncc2)N1c1ccc(Cl)c(Cl)c1. The van der Waals surface area contributed by atoms with E-state index in [-0.39, 0.29) is 18.1 Å². The molecule has 6 heteroatoms. The first kappa shape index (κ1) is 14.9. The number of benzene rings is 1. The van der Waals surface area contributed by atoms with Gasteiger partial charge in [0, 0.05) is 30.8 Å². The summed E-state index contributed by atoms with van der Waals surface area (Å²) in [6.07, 6.45) is 5.54. The van der Waals surface area contributed by atoms with Crippen LogP contribution in [-0.2, 0) is 4.79 Å². The van der Waals surface area contributed by atoms with E-state index in [0.29, 0.717) is 10.0 Å². The number of amides is 1. The number of rotatable bonds is 2. The molecule has 2 aromatic rings. The maximum absolute atomic E-state index is 13.0. The fourth-order valence-corrected chi connectivity index (χ4v) is 4.05. The molecule has 2 aliphatic heterocycles. The number of carbonyl (C=O) groups is 1. The second-order valence-electron chi connectivity index (χ2n) is 6.01. The van der Waals surface area contributed by atoms with Crippen LogP contribution in [0.2, 0.25) is 10.0 Å². The number of nitrogens with zero attached hydrogens (tertiary/aromatic N) is 2. The number of pyridine rings is 1. The summed E-state index contributed by atoms with van der Waals surface area (Å²) >= 11 is 12.2. The summed E-state index contributed by atoms with van der Waals surface area (Å²) in [6.45, 7) is 1.00. The van der Waals surface area contributed by atoms with Crippen molar-refractivity contribution >= 4 is 34.8 Å². The van der Waals surface area contributed by atoms with Crippen molar-refractivity contribution in [2.24, 2.45) is 0 Å². The van der Waals surface area contributed by atoms with E-state index in [4.69, 9.17) is 23.2 Å². The lowest BCUT2D eigenvalue weighted by atomic mass is 10.1. The van der Waals surface area contributed by atoms with Gasteiger partial charge >= 0.3 is 0 Å². The highest BCUT2D eigenvalue weighted by Gasteiger charge is 2.53. The van der Waals surface area contributed by atoms with Crippen molar-refractivity contribution in [3.63, 3.8) is 0 Å². The summed E-state index contributed by atoms with van der Waals surface area (Å²) in [4.78, 5) is 20.3. The van der Waals surface area contributed by atoms with E-state index in [1.807, 2.05) is 23.1 Å². The van der Waals surface area contributed by atoms with Gasteiger partial charge in [0.25, 0.3) is 5.91 Å². The number of anilines is 1. The van der Waals surface area contributed by atoms with Gasteiger partial charge in [0.05, 0.1) is 22.3 Å². The van der Waals surface area contributed by atoms with Crippen molar-refractivity contribution in [2.45, 2.75) is 25.0 Å². The third kappa shape index (κ3) is 2.42. The zero-order chi connectivity index (χ0) is 16.0. The van der Waals surface area contributed by atoms with E-state index >= 15 is 0 Å². The van der Waals surface area contributed by atoms with Gasteiger partial charge in [0.1, 0.15) is 0 Å². The molecule has 3 atom stereocenters. The number of hydrogen-bond acceptors (Lipinski definition) is 2. The van der Waals surface area contributed by atoms with Crippen LogP contribution in [0.5, 0.6) is 0 Å². The molecule has 118 valence electrons. The molecule has 1 N–H and O–H groups in total. The minimum Gasteiger partial charge on any atom is -0.301 e. The zero-order valence-corrected chi connectivity index (χ0v) is 13.9. The van der Waals surface area contributed by atoms with Gasteiger partial charge in [-0.05, 0) is 30.3 Å². The van der Waals surface area contributed by atoms with Crippen LogP contribution < -0.4 is 9.80 Å². The maximum Gasteiger partial charge on any atom is 0.290 e. The van der Waals surface area contributed by atoms with Crippen molar-refractivity contribution in [3.05, 3.63) is 58.3 Å². The fourth-order valence-electron chi connectivity index (χ4n) is 3.76. The fraction of sp³-hybridized carbons (Fsp3) is 0.294. The number of carbonyl (C=O) groups excluding carboxylic acids is 1. The van der Waals surface area contributed by atoms with Crippen LogP contribution in [0.1, 0.15) is 24.6 Å². The summed E-state index contributed by atoms with van der Waals surface area (Å²) in [5.41, 5.74) is 1.90. The van der Waals surface area contributed by atoms with Crippen LogP contribution in [0.3, 0.4) is 0 Å². The molecule has 4 rings (SSSR count). The average Bonchev–Trinajstić information content (AvgIpc) is 3.13. The molecular formula is C17H16Cl2N3O+. The number of fused-ring (bicyclic) bond motifs is 1. The average molecular weight is 349 g/mol. The number of nitrogens with one attached hydrogen (secondary N) is 1. The molecule has 0 spiro atoms. The molecule has 0 bridgehead atoms. The van der Waals surface area contributed by atoms with Crippen LogP contribution in [0, 0.1) is 0 Å².